The zero-order chi connectivity index (χ0) is 17.0. The molecule has 0 saturated carbocycles. The number of urea groups is 1. The van der Waals surface area contributed by atoms with Crippen LogP contribution in [0.5, 0.6) is 0 Å². The molecule has 0 aliphatic heterocycles. The number of hydrogen-bond donors (Lipinski definition) is 2. The molecule has 1 aromatic carbocycles. The third kappa shape index (κ3) is 4.95. The number of alkyl halides is 3. The minimum atomic E-state index is -4.40. The average Bonchev–Trinajstić information content (AvgIpc) is 2.90. The van der Waals surface area contributed by atoms with Crippen LogP contribution in [0.2, 0.25) is 0 Å². The molecule has 0 bridgehead atoms. The van der Waals surface area contributed by atoms with Crippen LogP contribution in [0.3, 0.4) is 0 Å². The Hall–Kier alpha value is -2.09. The van der Waals surface area contributed by atoms with Crippen LogP contribution in [0.4, 0.5) is 18.0 Å². The predicted molar refractivity (Wildman–Crippen MR) is 82.1 cm³/mol. The van der Waals surface area contributed by atoms with Crippen molar-refractivity contribution >= 4 is 17.4 Å². The number of halogens is 3. The molecule has 0 radical (unpaired) electrons. The number of benzene rings is 1. The van der Waals surface area contributed by atoms with E-state index < -0.39 is 23.8 Å². The van der Waals surface area contributed by atoms with Gasteiger partial charge in [-0.3, -0.25) is 0 Å². The Morgan fingerprint density at radius 1 is 1.39 bits per heavy atom. The van der Waals surface area contributed by atoms with E-state index in [0.717, 1.165) is 22.0 Å². The standard InChI is InChI=1S/C15H16F3N3OS/c1-9(11-4-3-5-12(6-11)15(16,17)18)21-14(22)20-8-13-7-19-10(2)23-13/h3-7,9H,8H2,1-2H3,(H2,20,21,22). The van der Waals surface area contributed by atoms with Crippen molar-refractivity contribution in [2.24, 2.45) is 0 Å². The number of carbonyl (C=O) groups excluding carboxylic acids is 1. The van der Waals surface area contributed by atoms with Crippen LogP contribution < -0.4 is 10.6 Å². The Balaban J connectivity index is 1.93. The van der Waals surface area contributed by atoms with Gasteiger partial charge in [0.25, 0.3) is 0 Å². The lowest BCUT2D eigenvalue weighted by atomic mass is 10.1. The lowest BCUT2D eigenvalue weighted by Gasteiger charge is -2.16. The molecule has 2 aromatic rings. The minimum absolute atomic E-state index is 0.326. The highest BCUT2D eigenvalue weighted by Gasteiger charge is 2.30. The number of aryl methyl sites for hydroxylation is 1. The van der Waals surface area contributed by atoms with Crippen LogP contribution in [-0.2, 0) is 12.7 Å². The maximum absolute atomic E-state index is 12.7. The number of nitrogens with zero attached hydrogens (tertiary/aromatic N) is 1. The van der Waals surface area contributed by atoms with Gasteiger partial charge < -0.3 is 10.6 Å². The molecule has 4 nitrogen and oxygen atoms in total. The highest BCUT2D eigenvalue weighted by Crippen LogP contribution is 2.30. The van der Waals surface area contributed by atoms with E-state index in [1.54, 1.807) is 19.2 Å². The molecular formula is C15H16F3N3OS. The van der Waals surface area contributed by atoms with Gasteiger partial charge in [-0.05, 0) is 31.5 Å². The quantitative estimate of drug-likeness (QED) is 0.881. The fourth-order valence-electron chi connectivity index (χ4n) is 1.97. The summed E-state index contributed by atoms with van der Waals surface area (Å²) < 4.78 is 38.1. The Labute approximate surface area is 135 Å². The van der Waals surface area contributed by atoms with Gasteiger partial charge in [-0.1, -0.05) is 12.1 Å². The Morgan fingerprint density at radius 3 is 2.74 bits per heavy atom. The smallest absolute Gasteiger partial charge is 0.333 e. The van der Waals surface area contributed by atoms with Crippen LogP contribution in [0.25, 0.3) is 0 Å². The molecule has 1 heterocycles. The zero-order valence-corrected chi connectivity index (χ0v) is 13.4. The van der Waals surface area contributed by atoms with E-state index in [9.17, 15) is 18.0 Å². The maximum Gasteiger partial charge on any atom is 0.416 e. The number of aromatic nitrogens is 1. The largest absolute Gasteiger partial charge is 0.416 e. The van der Waals surface area contributed by atoms with Gasteiger partial charge in [-0.2, -0.15) is 13.2 Å². The van der Waals surface area contributed by atoms with Crippen LogP contribution >= 0.6 is 11.3 Å². The van der Waals surface area contributed by atoms with Crippen molar-refractivity contribution in [3.63, 3.8) is 0 Å². The molecule has 1 atom stereocenters. The second-order valence-electron chi connectivity index (χ2n) is 5.02. The lowest BCUT2D eigenvalue weighted by molar-refractivity contribution is -0.137. The Morgan fingerprint density at radius 2 is 2.13 bits per heavy atom. The topological polar surface area (TPSA) is 54.0 Å². The summed E-state index contributed by atoms with van der Waals surface area (Å²) in [4.78, 5) is 16.8. The van der Waals surface area contributed by atoms with Crippen LogP contribution in [-0.4, -0.2) is 11.0 Å². The molecule has 8 heteroatoms. The summed E-state index contributed by atoms with van der Waals surface area (Å²) in [6.07, 6.45) is -2.72. The molecule has 0 spiro atoms. The molecule has 2 rings (SSSR count). The number of hydrogen-bond acceptors (Lipinski definition) is 3. The molecule has 0 aliphatic rings. The summed E-state index contributed by atoms with van der Waals surface area (Å²) in [6, 6.07) is 3.93. The fourth-order valence-corrected chi connectivity index (χ4v) is 2.70. The summed E-state index contributed by atoms with van der Waals surface area (Å²) in [6.45, 7) is 3.82. The van der Waals surface area contributed by atoms with Crippen molar-refractivity contribution in [1.82, 2.24) is 15.6 Å². The zero-order valence-electron chi connectivity index (χ0n) is 12.6. The van der Waals surface area contributed by atoms with Gasteiger partial charge in [0.05, 0.1) is 23.2 Å². The molecule has 2 amide bonds. The van der Waals surface area contributed by atoms with Gasteiger partial charge in [0, 0.05) is 11.1 Å². The van der Waals surface area contributed by atoms with Gasteiger partial charge in [0.1, 0.15) is 0 Å². The maximum atomic E-state index is 12.7. The van der Waals surface area contributed by atoms with Crippen molar-refractivity contribution in [3.05, 3.63) is 51.5 Å². The first-order valence-corrected chi connectivity index (χ1v) is 7.70. The number of thiazole rings is 1. The van der Waals surface area contributed by atoms with Gasteiger partial charge in [-0.25, -0.2) is 9.78 Å². The number of amides is 2. The van der Waals surface area contributed by atoms with Crippen molar-refractivity contribution in [3.8, 4) is 0 Å². The van der Waals surface area contributed by atoms with Crippen molar-refractivity contribution in [1.29, 1.82) is 0 Å². The van der Waals surface area contributed by atoms with E-state index in [4.69, 9.17) is 0 Å². The number of nitrogens with one attached hydrogen (secondary N) is 2. The monoisotopic (exact) mass is 343 g/mol. The molecule has 124 valence electrons. The molecular weight excluding hydrogens is 327 g/mol. The molecule has 2 N–H and O–H groups in total. The first kappa shape index (κ1) is 17.3. The third-order valence-electron chi connectivity index (χ3n) is 3.15. The van der Waals surface area contributed by atoms with Gasteiger partial charge in [0.15, 0.2) is 0 Å². The molecule has 0 fully saturated rings. The van der Waals surface area contributed by atoms with E-state index in [1.807, 2.05) is 6.92 Å². The Kier molecular flexibility index (Phi) is 5.25. The van der Waals surface area contributed by atoms with Gasteiger partial charge >= 0.3 is 12.2 Å². The lowest BCUT2D eigenvalue weighted by Crippen LogP contribution is -2.36. The van der Waals surface area contributed by atoms with E-state index >= 15 is 0 Å². The fraction of sp³-hybridized carbons (Fsp3) is 0.333. The first-order valence-electron chi connectivity index (χ1n) is 6.88. The molecule has 23 heavy (non-hydrogen) atoms. The van der Waals surface area contributed by atoms with Crippen LogP contribution in [0, 0.1) is 6.92 Å². The van der Waals surface area contributed by atoms with Crippen LogP contribution in [0.15, 0.2) is 30.5 Å². The molecule has 0 saturated heterocycles. The summed E-state index contributed by atoms with van der Waals surface area (Å²) in [7, 11) is 0. The molecule has 1 unspecified atom stereocenters. The van der Waals surface area contributed by atoms with E-state index in [1.165, 1.54) is 17.4 Å². The van der Waals surface area contributed by atoms with Gasteiger partial charge in [0.2, 0.25) is 0 Å². The van der Waals surface area contributed by atoms with E-state index in [2.05, 4.69) is 15.6 Å². The first-order chi connectivity index (χ1) is 10.8. The van der Waals surface area contributed by atoms with E-state index in [-0.39, 0.29) is 0 Å². The van der Waals surface area contributed by atoms with Crippen LogP contribution in [0.1, 0.15) is 34.0 Å². The molecule has 0 aliphatic carbocycles. The minimum Gasteiger partial charge on any atom is -0.333 e. The molecule has 1 aromatic heterocycles. The highest BCUT2D eigenvalue weighted by atomic mass is 32.1. The number of rotatable bonds is 4. The second kappa shape index (κ2) is 6.99. The SMILES string of the molecule is Cc1ncc(CNC(=O)NC(C)c2cccc(C(F)(F)F)c2)s1. The van der Waals surface area contributed by atoms with Gasteiger partial charge in [-0.15, -0.1) is 11.3 Å². The average molecular weight is 343 g/mol. The second-order valence-corrected chi connectivity index (χ2v) is 6.34. The summed E-state index contributed by atoms with van der Waals surface area (Å²) in [5.41, 5.74) is -0.340. The third-order valence-corrected chi connectivity index (χ3v) is 4.07. The van der Waals surface area contributed by atoms with Crippen molar-refractivity contribution in [2.45, 2.75) is 32.6 Å². The number of carbonyl (C=O) groups is 1. The summed E-state index contributed by atoms with van der Waals surface area (Å²) in [5, 5.41) is 6.18. The van der Waals surface area contributed by atoms with E-state index in [0.29, 0.717) is 12.1 Å². The summed E-state index contributed by atoms with van der Waals surface area (Å²) in [5.74, 6) is 0. The normalized spacial score (nSPS) is 12.7. The van der Waals surface area contributed by atoms with Crippen molar-refractivity contribution < 1.29 is 18.0 Å². The predicted octanol–water partition coefficient (Wildman–Crippen LogP) is 4.03. The van der Waals surface area contributed by atoms with Crippen molar-refractivity contribution in [2.75, 3.05) is 0 Å². The summed E-state index contributed by atoms with van der Waals surface area (Å²) >= 11 is 1.47. The highest BCUT2D eigenvalue weighted by molar-refractivity contribution is 7.11. The Bertz CT molecular complexity index is 685.